The molecule has 6 nitrogen and oxygen atoms in total. The quantitative estimate of drug-likeness (QED) is 0.568. The Morgan fingerprint density at radius 1 is 1.31 bits per heavy atom. The van der Waals surface area contributed by atoms with Crippen LogP contribution < -0.4 is 5.32 Å². The minimum atomic E-state index is 0.0241. The van der Waals surface area contributed by atoms with Crippen LogP contribution in [0.15, 0.2) is 36.5 Å². The van der Waals surface area contributed by atoms with E-state index in [0.29, 0.717) is 11.6 Å². The molecule has 0 atom stereocenters. The molecule has 4 rings (SSSR count). The van der Waals surface area contributed by atoms with Crippen LogP contribution in [0.4, 0.5) is 5.13 Å². The molecule has 0 aliphatic heterocycles. The fourth-order valence-electron chi connectivity index (χ4n) is 3.15. The van der Waals surface area contributed by atoms with Crippen LogP contribution in [0, 0.1) is 0 Å². The number of carbonyl (C=O) groups is 1. The number of anilines is 1. The molecule has 0 bridgehead atoms. The Balaban J connectivity index is 1.52. The molecule has 26 heavy (non-hydrogen) atoms. The maximum absolute atomic E-state index is 12.1. The van der Waals surface area contributed by atoms with Crippen LogP contribution in [0.2, 0.25) is 0 Å². The number of carbonyl (C=O) groups excluding carboxylic acids is 1. The number of benzene rings is 1. The molecule has 1 aromatic carbocycles. The second-order valence-corrected chi connectivity index (χ2v) is 7.69. The molecule has 3 aromatic rings. The van der Waals surface area contributed by atoms with E-state index in [2.05, 4.69) is 20.3 Å². The van der Waals surface area contributed by atoms with Crippen molar-refractivity contribution < 1.29 is 4.79 Å². The third-order valence-electron chi connectivity index (χ3n) is 4.37. The van der Waals surface area contributed by atoms with Gasteiger partial charge in [0.1, 0.15) is 0 Å². The summed E-state index contributed by atoms with van der Waals surface area (Å²) in [6, 6.07) is 10.1. The first-order valence-electron chi connectivity index (χ1n) is 8.69. The van der Waals surface area contributed by atoms with Gasteiger partial charge in [-0.25, -0.2) is 9.67 Å². The van der Waals surface area contributed by atoms with E-state index in [0.717, 1.165) is 41.3 Å². The summed E-state index contributed by atoms with van der Waals surface area (Å²) in [4.78, 5) is 19.9. The number of rotatable bonds is 6. The molecular formula is C19H21N5OS. The SMILES string of the molecule is CN(C)CCCC(=O)Nc1nc2c(s1)-c1c(cnn1-c1ccccc1)C2. The third-order valence-corrected chi connectivity index (χ3v) is 5.39. The van der Waals surface area contributed by atoms with Crippen molar-refractivity contribution in [1.29, 1.82) is 0 Å². The Bertz CT molecular complexity index is 929. The van der Waals surface area contributed by atoms with E-state index in [-0.39, 0.29) is 5.91 Å². The van der Waals surface area contributed by atoms with Gasteiger partial charge in [0.2, 0.25) is 5.91 Å². The number of hydrogen-bond acceptors (Lipinski definition) is 5. The molecule has 1 aliphatic carbocycles. The lowest BCUT2D eigenvalue weighted by molar-refractivity contribution is -0.116. The monoisotopic (exact) mass is 367 g/mol. The van der Waals surface area contributed by atoms with E-state index in [1.165, 1.54) is 16.9 Å². The van der Waals surface area contributed by atoms with Crippen LogP contribution >= 0.6 is 11.3 Å². The van der Waals surface area contributed by atoms with Gasteiger partial charge in [-0.15, -0.1) is 0 Å². The molecule has 0 saturated carbocycles. The van der Waals surface area contributed by atoms with E-state index < -0.39 is 0 Å². The maximum Gasteiger partial charge on any atom is 0.226 e. The smallest absolute Gasteiger partial charge is 0.226 e. The Kier molecular flexibility index (Phi) is 4.57. The number of fused-ring (bicyclic) bond motifs is 3. The fourth-order valence-corrected chi connectivity index (χ4v) is 4.21. The second-order valence-electron chi connectivity index (χ2n) is 6.69. The molecule has 0 unspecified atom stereocenters. The van der Waals surface area contributed by atoms with Crippen molar-refractivity contribution in [2.75, 3.05) is 26.0 Å². The van der Waals surface area contributed by atoms with Gasteiger partial charge in [0.25, 0.3) is 0 Å². The van der Waals surface area contributed by atoms with Crippen LogP contribution in [0.3, 0.4) is 0 Å². The van der Waals surface area contributed by atoms with Gasteiger partial charge in [-0.05, 0) is 39.2 Å². The predicted molar refractivity (Wildman–Crippen MR) is 104 cm³/mol. The van der Waals surface area contributed by atoms with Gasteiger partial charge < -0.3 is 10.2 Å². The summed E-state index contributed by atoms with van der Waals surface area (Å²) in [7, 11) is 4.02. The van der Waals surface area contributed by atoms with Crippen molar-refractivity contribution >= 4 is 22.4 Å². The van der Waals surface area contributed by atoms with Gasteiger partial charge in [-0.1, -0.05) is 29.5 Å². The lowest BCUT2D eigenvalue weighted by atomic mass is 10.2. The summed E-state index contributed by atoms with van der Waals surface area (Å²) < 4.78 is 1.96. The Labute approximate surface area is 156 Å². The molecule has 7 heteroatoms. The van der Waals surface area contributed by atoms with Crippen LogP contribution in [0.1, 0.15) is 24.1 Å². The number of thiazole rings is 1. The van der Waals surface area contributed by atoms with Gasteiger partial charge in [0.05, 0.1) is 28.1 Å². The van der Waals surface area contributed by atoms with Gasteiger partial charge >= 0.3 is 0 Å². The number of nitrogens with zero attached hydrogens (tertiary/aromatic N) is 4. The summed E-state index contributed by atoms with van der Waals surface area (Å²) >= 11 is 1.53. The minimum Gasteiger partial charge on any atom is -0.309 e. The van der Waals surface area contributed by atoms with Crippen molar-refractivity contribution in [2.24, 2.45) is 0 Å². The number of hydrogen-bond donors (Lipinski definition) is 1. The Morgan fingerprint density at radius 3 is 2.88 bits per heavy atom. The molecule has 0 radical (unpaired) electrons. The van der Waals surface area contributed by atoms with Crippen LogP contribution in [-0.2, 0) is 11.2 Å². The summed E-state index contributed by atoms with van der Waals surface area (Å²) in [6.45, 7) is 0.904. The summed E-state index contributed by atoms with van der Waals surface area (Å²) in [5.74, 6) is 0.0241. The highest BCUT2D eigenvalue weighted by atomic mass is 32.1. The van der Waals surface area contributed by atoms with Gasteiger partial charge in [0, 0.05) is 18.4 Å². The first-order chi connectivity index (χ1) is 12.6. The highest BCUT2D eigenvalue weighted by molar-refractivity contribution is 7.19. The Morgan fingerprint density at radius 2 is 2.12 bits per heavy atom. The van der Waals surface area contributed by atoms with Crippen LogP contribution in [-0.4, -0.2) is 46.2 Å². The Hall–Kier alpha value is -2.51. The number of aromatic nitrogens is 3. The zero-order chi connectivity index (χ0) is 18.1. The zero-order valence-electron chi connectivity index (χ0n) is 14.9. The molecule has 134 valence electrons. The van der Waals surface area contributed by atoms with E-state index in [1.807, 2.05) is 55.3 Å². The molecule has 1 N–H and O–H groups in total. The molecule has 0 saturated heterocycles. The maximum atomic E-state index is 12.1. The molecule has 0 spiro atoms. The number of amides is 1. The molecule has 0 fully saturated rings. The fraction of sp³-hybridized carbons (Fsp3) is 0.316. The molecule has 2 heterocycles. The van der Waals surface area contributed by atoms with Crippen LogP contribution in [0.25, 0.3) is 16.3 Å². The van der Waals surface area contributed by atoms with Crippen LogP contribution in [0.5, 0.6) is 0 Å². The van der Waals surface area contributed by atoms with E-state index in [1.54, 1.807) is 0 Å². The second kappa shape index (κ2) is 7.01. The van der Waals surface area contributed by atoms with E-state index in [4.69, 9.17) is 0 Å². The van der Waals surface area contributed by atoms with Crippen molar-refractivity contribution in [3.8, 4) is 16.3 Å². The number of para-hydroxylation sites is 1. The van der Waals surface area contributed by atoms with Crippen molar-refractivity contribution in [3.05, 3.63) is 47.8 Å². The number of nitrogens with one attached hydrogen (secondary N) is 1. The summed E-state index contributed by atoms with van der Waals surface area (Å²) in [5, 5.41) is 8.16. The van der Waals surface area contributed by atoms with Crippen molar-refractivity contribution in [1.82, 2.24) is 19.7 Å². The van der Waals surface area contributed by atoms with Gasteiger partial charge in [0.15, 0.2) is 5.13 Å². The first-order valence-corrected chi connectivity index (χ1v) is 9.50. The summed E-state index contributed by atoms with van der Waals surface area (Å²) in [5.41, 5.74) is 4.34. The lowest BCUT2D eigenvalue weighted by Gasteiger charge is -2.08. The first kappa shape index (κ1) is 16.9. The van der Waals surface area contributed by atoms with E-state index in [9.17, 15) is 4.79 Å². The normalized spacial score (nSPS) is 12.3. The van der Waals surface area contributed by atoms with Crippen molar-refractivity contribution in [2.45, 2.75) is 19.3 Å². The van der Waals surface area contributed by atoms with Crippen molar-refractivity contribution in [3.63, 3.8) is 0 Å². The zero-order valence-corrected chi connectivity index (χ0v) is 15.7. The standard InChI is InChI=1S/C19H21N5OS/c1-23(2)10-6-9-16(25)22-19-21-15-11-13-12-20-24(17(13)18(15)26-19)14-7-4-3-5-8-14/h3-5,7-8,12H,6,9-11H2,1-2H3,(H,21,22,25). The minimum absolute atomic E-state index is 0.0241. The third kappa shape index (κ3) is 3.27. The largest absolute Gasteiger partial charge is 0.309 e. The van der Waals surface area contributed by atoms with E-state index >= 15 is 0 Å². The average molecular weight is 367 g/mol. The highest BCUT2D eigenvalue weighted by Gasteiger charge is 2.28. The lowest BCUT2D eigenvalue weighted by Crippen LogP contribution is -2.17. The molecular weight excluding hydrogens is 346 g/mol. The molecule has 1 aliphatic rings. The summed E-state index contributed by atoms with van der Waals surface area (Å²) in [6.07, 6.45) is 4.03. The predicted octanol–water partition coefficient (Wildman–Crippen LogP) is 3.18. The molecule has 2 aromatic heterocycles. The average Bonchev–Trinajstić information content (AvgIpc) is 3.26. The van der Waals surface area contributed by atoms with Gasteiger partial charge in [-0.3, -0.25) is 4.79 Å². The molecule has 1 amide bonds. The topological polar surface area (TPSA) is 63.1 Å². The van der Waals surface area contributed by atoms with Gasteiger partial charge in [-0.2, -0.15) is 5.10 Å². The highest BCUT2D eigenvalue weighted by Crippen LogP contribution is 2.42.